The maximum absolute atomic E-state index is 12.3. The Balaban J connectivity index is 0.691. The second-order valence-corrected chi connectivity index (χ2v) is 18.2. The number of aromatic nitrogens is 4. The van der Waals surface area contributed by atoms with Crippen LogP contribution in [0.5, 0.6) is 17.5 Å². The normalized spacial score (nSPS) is 25.9. The summed E-state index contributed by atoms with van der Waals surface area (Å²) in [6.07, 6.45) is 8.01. The van der Waals surface area contributed by atoms with Crippen molar-refractivity contribution in [1.82, 2.24) is 30.1 Å². The molecule has 2 unspecified atom stereocenters. The molecular weight excluding hydrogens is 807 g/mol. The van der Waals surface area contributed by atoms with Gasteiger partial charge < -0.3 is 49.2 Å². The first-order valence-corrected chi connectivity index (χ1v) is 22.6. The van der Waals surface area contributed by atoms with E-state index in [4.69, 9.17) is 29.2 Å². The Morgan fingerprint density at radius 3 is 2.46 bits per heavy atom. The van der Waals surface area contributed by atoms with Gasteiger partial charge in [0, 0.05) is 113 Å². The van der Waals surface area contributed by atoms with Crippen LogP contribution in [0.2, 0.25) is 0 Å². The number of hydrogen-bond donors (Lipinski definition) is 3. The molecule has 63 heavy (non-hydrogen) atoms. The number of methoxy groups -OCH3 is 1. The number of benzene rings is 1. The third-order valence-electron chi connectivity index (χ3n) is 13.7. The van der Waals surface area contributed by atoms with Crippen molar-refractivity contribution >= 4 is 23.2 Å². The van der Waals surface area contributed by atoms with E-state index in [1.807, 2.05) is 35.4 Å². The number of nitrogens with zero attached hydrogens (tertiary/aromatic N) is 8. The fourth-order valence-electron chi connectivity index (χ4n) is 10.2. The van der Waals surface area contributed by atoms with Crippen molar-refractivity contribution in [2.75, 3.05) is 75.1 Å². The molecule has 7 heterocycles. The van der Waals surface area contributed by atoms with Gasteiger partial charge in [-0.15, -0.1) is 10.2 Å². The Labute approximate surface area is 368 Å². The molecule has 0 spiro atoms. The topological polar surface area (TPSA) is 198 Å². The number of aliphatic hydroxyl groups excluding tert-OH is 1. The third kappa shape index (κ3) is 9.66. The summed E-state index contributed by atoms with van der Waals surface area (Å²) in [5.74, 6) is 2.26. The number of para-hydroxylation sites is 1. The van der Waals surface area contributed by atoms with Crippen LogP contribution in [0.3, 0.4) is 0 Å². The number of piperazine rings is 1. The second kappa shape index (κ2) is 18.9. The zero-order valence-corrected chi connectivity index (χ0v) is 36.5. The summed E-state index contributed by atoms with van der Waals surface area (Å²) in [7, 11) is 1.38. The molecule has 1 saturated carbocycles. The number of piperidine rings is 1. The van der Waals surface area contributed by atoms with Gasteiger partial charge in [0.05, 0.1) is 36.8 Å². The van der Waals surface area contributed by atoms with Crippen molar-refractivity contribution in [3.63, 3.8) is 0 Å². The van der Waals surface area contributed by atoms with E-state index < -0.39 is 12.1 Å². The number of hydrogen-bond acceptors (Lipinski definition) is 17. The summed E-state index contributed by atoms with van der Waals surface area (Å²) in [5.41, 5.74) is 9.58. The summed E-state index contributed by atoms with van der Waals surface area (Å²) in [5, 5.41) is 33.4. The van der Waals surface area contributed by atoms with Gasteiger partial charge >= 0.3 is 5.97 Å². The predicted molar refractivity (Wildman–Crippen MR) is 235 cm³/mol. The maximum Gasteiger partial charge on any atom is 0.323 e. The van der Waals surface area contributed by atoms with Gasteiger partial charge in [-0.05, 0) is 61.0 Å². The highest BCUT2D eigenvalue weighted by Crippen LogP contribution is 2.40. The zero-order valence-electron chi connectivity index (χ0n) is 36.5. The molecule has 0 radical (unpaired) electrons. The number of nitrogen functional groups attached to an aromatic ring is 1. The van der Waals surface area contributed by atoms with Gasteiger partial charge in [0.1, 0.15) is 30.3 Å². The van der Waals surface area contributed by atoms with Crippen LogP contribution < -0.4 is 25.0 Å². The molecule has 17 nitrogen and oxygen atoms in total. The molecule has 2 bridgehead atoms. The highest BCUT2D eigenvalue weighted by molar-refractivity contribution is 5.76. The van der Waals surface area contributed by atoms with Gasteiger partial charge in [0.2, 0.25) is 5.88 Å². The first-order valence-electron chi connectivity index (χ1n) is 22.6. The molecule has 338 valence electrons. The number of rotatable bonds is 16. The van der Waals surface area contributed by atoms with Gasteiger partial charge in [-0.3, -0.25) is 14.6 Å². The van der Waals surface area contributed by atoms with Crippen LogP contribution in [0, 0.1) is 5.92 Å². The maximum atomic E-state index is 12.3. The summed E-state index contributed by atoms with van der Waals surface area (Å²) < 4.78 is 29.7. The van der Waals surface area contributed by atoms with Crippen LogP contribution in [0.15, 0.2) is 59.3 Å². The fraction of sp³-hybridized carbons (Fsp3) is 0.587. The highest BCUT2D eigenvalue weighted by atomic mass is 16.5. The molecule has 3 aromatic heterocycles. The summed E-state index contributed by atoms with van der Waals surface area (Å²) in [6.45, 7) is 9.98. The van der Waals surface area contributed by atoms with Gasteiger partial charge in [-0.25, -0.2) is 4.98 Å². The minimum absolute atomic E-state index is 0.0208. The van der Waals surface area contributed by atoms with Crippen molar-refractivity contribution in [2.45, 2.75) is 107 Å². The molecule has 4 aliphatic heterocycles. The first kappa shape index (κ1) is 43.0. The lowest BCUT2D eigenvalue weighted by atomic mass is 9.91. The number of aromatic hydroxyl groups is 1. The first-order chi connectivity index (χ1) is 30.6. The van der Waals surface area contributed by atoms with Crippen molar-refractivity contribution in [1.29, 1.82) is 0 Å². The Bertz CT molecular complexity index is 2160. The standard InChI is InChI=1S/C46H61N9O8/c1-28(2)37(27-54-26-32(56)19-40(54)46(58)59-3)42-23-44(51-63-42)60-17-16-52-14-11-33(12-15-52)61-34-20-35(21-34)62-43-18-29(10-13-48-43)55-30-8-9-31(55)25-53(24-30)39-22-38(49-50-45(39)47)36-6-4-5-7-41(36)57/h4-7,10,13,18,22-23,28,30-35,37,40,56-57H,8-9,11-12,14-17,19-21,24-27H2,1-3H3,(H2,47,50)/t30?,31?,32-,34-,35-,37-,40+/m1/s1. The van der Waals surface area contributed by atoms with E-state index in [-0.39, 0.29) is 41.9 Å². The average Bonchev–Trinajstić information content (AvgIpc) is 3.97. The molecule has 5 aliphatic rings. The Morgan fingerprint density at radius 1 is 0.937 bits per heavy atom. The molecule has 4 aromatic rings. The summed E-state index contributed by atoms with van der Waals surface area (Å²) >= 11 is 0. The molecule has 5 atom stereocenters. The monoisotopic (exact) mass is 867 g/mol. The second-order valence-electron chi connectivity index (χ2n) is 18.2. The third-order valence-corrected chi connectivity index (χ3v) is 13.7. The number of pyridine rings is 1. The number of aliphatic hydroxyl groups is 1. The summed E-state index contributed by atoms with van der Waals surface area (Å²) in [4.78, 5) is 26.1. The molecule has 4 N–H and O–H groups in total. The quantitative estimate of drug-likeness (QED) is 0.133. The summed E-state index contributed by atoms with van der Waals surface area (Å²) in [6, 6.07) is 15.3. The Kier molecular flexibility index (Phi) is 12.9. The van der Waals surface area contributed by atoms with Crippen molar-refractivity contribution in [3.8, 4) is 28.8 Å². The number of β-amino-alcohol motifs (C(OH)–C–C–N with tert-alkyl or cyclic N) is 1. The number of likely N-dealkylation sites (tertiary alicyclic amines) is 2. The van der Waals surface area contributed by atoms with Gasteiger partial charge in [-0.1, -0.05) is 26.0 Å². The number of phenolic OH excluding ortho intramolecular Hbond substituents is 1. The smallest absolute Gasteiger partial charge is 0.323 e. The molecule has 17 heteroatoms. The van der Waals surface area contributed by atoms with Crippen LogP contribution in [0.1, 0.15) is 70.5 Å². The van der Waals surface area contributed by atoms with E-state index in [0.29, 0.717) is 72.8 Å². The average molecular weight is 868 g/mol. The van der Waals surface area contributed by atoms with Gasteiger partial charge in [0.25, 0.3) is 5.88 Å². The van der Waals surface area contributed by atoms with E-state index in [9.17, 15) is 15.0 Å². The van der Waals surface area contributed by atoms with Crippen molar-refractivity contribution in [2.24, 2.45) is 5.92 Å². The number of phenols is 1. The van der Waals surface area contributed by atoms with Crippen LogP contribution in [-0.4, -0.2) is 148 Å². The largest absolute Gasteiger partial charge is 0.507 e. The van der Waals surface area contributed by atoms with Crippen LogP contribution >= 0.6 is 0 Å². The van der Waals surface area contributed by atoms with Gasteiger partial charge in [-0.2, -0.15) is 0 Å². The molecule has 0 amide bonds. The molecule has 5 fully saturated rings. The number of nitrogens with two attached hydrogens (primary N) is 1. The van der Waals surface area contributed by atoms with E-state index in [1.54, 1.807) is 12.1 Å². The van der Waals surface area contributed by atoms with Crippen LogP contribution in [0.25, 0.3) is 11.3 Å². The van der Waals surface area contributed by atoms with Crippen molar-refractivity contribution in [3.05, 3.63) is 60.5 Å². The number of esters is 1. The molecule has 1 aromatic carbocycles. The Hall–Kier alpha value is -5.23. The SMILES string of the molecule is COC(=O)[C@@H]1C[C@@H](O)CN1C[C@@H](c1cc(OCCN2CCC(O[C@H]3C[C@H](Oc4cc(N5C6CCC5CN(c5cc(-c7ccccc7O)nnc5N)C6)ccn4)C3)CC2)no1)C(C)C. The Morgan fingerprint density at radius 2 is 1.71 bits per heavy atom. The number of carbonyl (C=O) groups excluding carboxylic acids is 1. The van der Waals surface area contributed by atoms with E-state index in [1.165, 1.54) is 7.11 Å². The lowest BCUT2D eigenvalue weighted by Crippen LogP contribution is -2.54. The lowest BCUT2D eigenvalue weighted by molar-refractivity contribution is -0.146. The van der Waals surface area contributed by atoms with Crippen LogP contribution in [-0.2, 0) is 14.3 Å². The lowest BCUT2D eigenvalue weighted by Gasteiger charge is -2.43. The number of fused-ring (bicyclic) bond motifs is 2. The predicted octanol–water partition coefficient (Wildman–Crippen LogP) is 4.49. The molecule has 1 aliphatic carbocycles. The van der Waals surface area contributed by atoms with E-state index in [2.05, 4.69) is 61.0 Å². The van der Waals surface area contributed by atoms with Gasteiger partial charge in [0.15, 0.2) is 5.82 Å². The van der Waals surface area contributed by atoms with Crippen molar-refractivity contribution < 1.29 is 38.5 Å². The number of anilines is 3. The van der Waals surface area contributed by atoms with E-state index in [0.717, 1.165) is 82.6 Å². The fourth-order valence-corrected chi connectivity index (χ4v) is 10.2. The van der Waals surface area contributed by atoms with Crippen LogP contribution in [0.4, 0.5) is 17.2 Å². The highest BCUT2D eigenvalue weighted by Gasteiger charge is 2.42. The molecule has 9 rings (SSSR count). The minimum Gasteiger partial charge on any atom is -0.507 e. The molecule has 4 saturated heterocycles. The number of ether oxygens (including phenoxy) is 4. The molecular formula is C46H61N9O8. The minimum atomic E-state index is -0.560. The number of carbonyl (C=O) groups is 1. The van der Waals surface area contributed by atoms with E-state index >= 15 is 0 Å². The zero-order chi connectivity index (χ0) is 43.6.